The molecule has 1 aromatic rings. The minimum absolute atomic E-state index is 0.146. The molecule has 1 aromatic heterocycles. The van der Waals surface area contributed by atoms with Crippen molar-refractivity contribution in [2.75, 3.05) is 0 Å². The minimum Gasteiger partial charge on any atom is -0.294 e. The Morgan fingerprint density at radius 1 is 1.50 bits per heavy atom. The van der Waals surface area contributed by atoms with Crippen molar-refractivity contribution in [2.24, 2.45) is 5.41 Å². The molecule has 1 aliphatic rings. The zero-order chi connectivity index (χ0) is 10.2. The zero-order valence-corrected chi connectivity index (χ0v) is 9.23. The smallest absolute Gasteiger partial charge is 0.164 e. The van der Waals surface area contributed by atoms with E-state index in [1.807, 2.05) is 0 Å². The average molecular weight is 207 g/mol. The summed E-state index contributed by atoms with van der Waals surface area (Å²) in [6.07, 6.45) is 5.48. The van der Waals surface area contributed by atoms with Crippen LogP contribution in [0.4, 0.5) is 0 Å². The summed E-state index contributed by atoms with van der Waals surface area (Å²) in [5.41, 5.74) is 2.78. The van der Waals surface area contributed by atoms with E-state index in [0.717, 1.165) is 16.9 Å². The molecule has 0 spiro atoms. The number of nitrogens with zero attached hydrogens (tertiary/aromatic N) is 1. The van der Waals surface area contributed by atoms with Crippen LogP contribution in [0.3, 0.4) is 0 Å². The van der Waals surface area contributed by atoms with Gasteiger partial charge in [0.25, 0.3) is 0 Å². The molecule has 0 aromatic carbocycles. The lowest BCUT2D eigenvalue weighted by molar-refractivity contribution is -0.114. The second-order valence-electron chi connectivity index (χ2n) is 4.34. The van der Waals surface area contributed by atoms with Gasteiger partial charge in [-0.1, -0.05) is 19.9 Å². The number of thiazole rings is 1. The molecule has 1 aliphatic carbocycles. The highest BCUT2D eigenvalue weighted by Crippen LogP contribution is 2.36. The summed E-state index contributed by atoms with van der Waals surface area (Å²) in [5.74, 6) is 0.258. The van der Waals surface area contributed by atoms with E-state index in [4.69, 9.17) is 0 Å². The van der Waals surface area contributed by atoms with Crippen LogP contribution in [0.15, 0.2) is 17.8 Å². The van der Waals surface area contributed by atoms with Crippen LogP contribution >= 0.6 is 11.3 Å². The van der Waals surface area contributed by atoms with Crippen LogP contribution in [-0.4, -0.2) is 10.8 Å². The topological polar surface area (TPSA) is 30.0 Å². The summed E-state index contributed by atoms with van der Waals surface area (Å²) in [4.78, 5) is 16.7. The van der Waals surface area contributed by atoms with Crippen LogP contribution < -0.4 is 0 Å². The van der Waals surface area contributed by atoms with Crippen molar-refractivity contribution in [3.63, 3.8) is 0 Å². The third-order valence-corrected chi connectivity index (χ3v) is 3.34. The summed E-state index contributed by atoms with van der Waals surface area (Å²) in [5, 5.41) is 0. The molecule has 14 heavy (non-hydrogen) atoms. The van der Waals surface area contributed by atoms with Gasteiger partial charge in [0.05, 0.1) is 10.4 Å². The van der Waals surface area contributed by atoms with Crippen LogP contribution in [0.5, 0.6) is 0 Å². The first-order valence-corrected chi connectivity index (χ1v) is 5.61. The molecular formula is C11H13NOS. The maximum atomic E-state index is 11.7. The molecule has 0 aliphatic heterocycles. The standard InChI is InChI=1S/C11H13NOS/c1-11(2)4-3-9(13)8(5-11)10-6-12-7-14-10/h5-7H,3-4H2,1-2H3. The molecule has 0 bridgehead atoms. The van der Waals surface area contributed by atoms with Crippen LogP contribution in [0.2, 0.25) is 0 Å². The van der Waals surface area contributed by atoms with Crippen molar-refractivity contribution in [3.05, 3.63) is 22.7 Å². The highest BCUT2D eigenvalue weighted by Gasteiger charge is 2.26. The fourth-order valence-corrected chi connectivity index (χ4v) is 2.33. The molecule has 0 amide bonds. The number of hydrogen-bond acceptors (Lipinski definition) is 3. The highest BCUT2D eigenvalue weighted by atomic mass is 32.1. The number of carbonyl (C=O) groups excluding carboxylic acids is 1. The maximum Gasteiger partial charge on any atom is 0.164 e. The number of hydrogen-bond donors (Lipinski definition) is 0. The van der Waals surface area contributed by atoms with Crippen LogP contribution in [0.25, 0.3) is 5.57 Å². The van der Waals surface area contributed by atoms with Crippen LogP contribution in [0, 0.1) is 5.41 Å². The van der Waals surface area contributed by atoms with Crippen molar-refractivity contribution >= 4 is 22.7 Å². The van der Waals surface area contributed by atoms with Crippen molar-refractivity contribution in [1.82, 2.24) is 4.98 Å². The molecule has 0 radical (unpaired) electrons. The first kappa shape index (κ1) is 9.59. The lowest BCUT2D eigenvalue weighted by Crippen LogP contribution is -2.18. The molecule has 2 nitrogen and oxygen atoms in total. The van der Waals surface area contributed by atoms with Gasteiger partial charge in [-0.25, -0.2) is 0 Å². The molecule has 0 saturated heterocycles. The van der Waals surface area contributed by atoms with Gasteiger partial charge in [-0.2, -0.15) is 0 Å². The van der Waals surface area contributed by atoms with Gasteiger partial charge in [-0.05, 0) is 11.8 Å². The van der Waals surface area contributed by atoms with Crippen molar-refractivity contribution in [3.8, 4) is 0 Å². The van der Waals surface area contributed by atoms with Gasteiger partial charge >= 0.3 is 0 Å². The quantitative estimate of drug-likeness (QED) is 0.708. The normalized spacial score (nSPS) is 20.7. The maximum absolute atomic E-state index is 11.7. The van der Waals surface area contributed by atoms with E-state index in [2.05, 4.69) is 24.9 Å². The fraction of sp³-hybridized carbons (Fsp3) is 0.455. The Labute approximate surface area is 87.7 Å². The first-order chi connectivity index (χ1) is 6.58. The predicted octanol–water partition coefficient (Wildman–Crippen LogP) is 2.92. The van der Waals surface area contributed by atoms with E-state index in [1.54, 1.807) is 11.7 Å². The van der Waals surface area contributed by atoms with Crippen LogP contribution in [-0.2, 0) is 4.79 Å². The van der Waals surface area contributed by atoms with Gasteiger partial charge in [0.1, 0.15) is 0 Å². The molecule has 74 valence electrons. The number of ketones is 1. The predicted molar refractivity (Wildman–Crippen MR) is 58.1 cm³/mol. The molecule has 0 N–H and O–H groups in total. The SMILES string of the molecule is CC1(C)C=C(c2cncs2)C(=O)CC1. The van der Waals surface area contributed by atoms with Gasteiger partial charge < -0.3 is 0 Å². The van der Waals surface area contributed by atoms with Crippen LogP contribution in [0.1, 0.15) is 31.6 Å². The number of aromatic nitrogens is 1. The van der Waals surface area contributed by atoms with E-state index in [-0.39, 0.29) is 11.2 Å². The molecule has 3 heteroatoms. The molecule has 1 heterocycles. The minimum atomic E-state index is 0.146. The highest BCUT2D eigenvalue weighted by molar-refractivity contribution is 7.11. The molecule has 0 saturated carbocycles. The van der Waals surface area contributed by atoms with E-state index >= 15 is 0 Å². The van der Waals surface area contributed by atoms with Gasteiger partial charge in [0.15, 0.2) is 5.78 Å². The van der Waals surface area contributed by atoms with Crippen molar-refractivity contribution in [2.45, 2.75) is 26.7 Å². The number of carbonyl (C=O) groups is 1. The molecule has 2 rings (SSSR count). The zero-order valence-electron chi connectivity index (χ0n) is 8.41. The molecule has 0 unspecified atom stereocenters. The lowest BCUT2D eigenvalue weighted by atomic mass is 9.79. The third kappa shape index (κ3) is 1.77. The van der Waals surface area contributed by atoms with Gasteiger partial charge in [0, 0.05) is 18.2 Å². The summed E-state index contributed by atoms with van der Waals surface area (Å²) in [6.45, 7) is 4.33. The summed E-state index contributed by atoms with van der Waals surface area (Å²) >= 11 is 1.53. The van der Waals surface area contributed by atoms with Gasteiger partial charge in [-0.3, -0.25) is 9.78 Å². The number of Topliss-reactive ketones (excluding diaryl/α,β-unsaturated/α-hetero) is 1. The largest absolute Gasteiger partial charge is 0.294 e. The fourth-order valence-electron chi connectivity index (χ4n) is 1.67. The first-order valence-electron chi connectivity index (χ1n) is 4.73. The van der Waals surface area contributed by atoms with Gasteiger partial charge in [0.2, 0.25) is 0 Å². The average Bonchev–Trinajstić information content (AvgIpc) is 2.62. The second-order valence-corrected chi connectivity index (χ2v) is 5.22. The van der Waals surface area contributed by atoms with E-state index in [9.17, 15) is 4.79 Å². The Hall–Kier alpha value is -0.960. The van der Waals surface area contributed by atoms with Crippen molar-refractivity contribution in [1.29, 1.82) is 0 Å². The van der Waals surface area contributed by atoms with E-state index < -0.39 is 0 Å². The second kappa shape index (κ2) is 3.31. The molecule has 0 fully saturated rings. The van der Waals surface area contributed by atoms with E-state index in [1.165, 1.54) is 11.3 Å². The Bertz CT molecular complexity index is 376. The Morgan fingerprint density at radius 2 is 2.29 bits per heavy atom. The summed E-state index contributed by atoms with van der Waals surface area (Å²) in [6, 6.07) is 0. The molecular weight excluding hydrogens is 194 g/mol. The summed E-state index contributed by atoms with van der Waals surface area (Å²) in [7, 11) is 0. The lowest BCUT2D eigenvalue weighted by Gasteiger charge is -2.25. The third-order valence-electron chi connectivity index (χ3n) is 2.53. The molecule has 0 atom stereocenters. The van der Waals surface area contributed by atoms with Gasteiger partial charge in [-0.15, -0.1) is 11.3 Å². The number of allylic oxidation sites excluding steroid dienone is 2. The van der Waals surface area contributed by atoms with Crippen molar-refractivity contribution < 1.29 is 4.79 Å². The Kier molecular flexibility index (Phi) is 2.27. The monoisotopic (exact) mass is 207 g/mol. The van der Waals surface area contributed by atoms with E-state index in [0.29, 0.717) is 6.42 Å². The Morgan fingerprint density at radius 3 is 2.93 bits per heavy atom. The number of rotatable bonds is 1. The Balaban J connectivity index is 2.42. The summed E-state index contributed by atoms with van der Waals surface area (Å²) < 4.78 is 0.